The van der Waals surface area contributed by atoms with E-state index in [0.29, 0.717) is 5.69 Å². The van der Waals surface area contributed by atoms with Crippen LogP contribution in [0, 0.1) is 0 Å². The summed E-state index contributed by atoms with van der Waals surface area (Å²) in [5.41, 5.74) is 5.24. The summed E-state index contributed by atoms with van der Waals surface area (Å²) < 4.78 is 39.9. The smallest absolute Gasteiger partial charge is 0.405 e. The number of ether oxygens (including phenoxy) is 1. The molecule has 0 bridgehead atoms. The Bertz CT molecular complexity index is 430. The van der Waals surface area contributed by atoms with Gasteiger partial charge in [-0.3, -0.25) is 4.79 Å². The van der Waals surface area contributed by atoms with E-state index in [0.717, 1.165) is 6.07 Å². The minimum atomic E-state index is -4.86. The maximum atomic E-state index is 12.1. The van der Waals surface area contributed by atoms with Crippen LogP contribution >= 0.6 is 0 Å². The highest BCUT2D eigenvalue weighted by molar-refractivity contribution is 5.96. The van der Waals surface area contributed by atoms with E-state index < -0.39 is 18.0 Å². The van der Waals surface area contributed by atoms with Gasteiger partial charge in [-0.2, -0.15) is 0 Å². The summed E-state index contributed by atoms with van der Waals surface area (Å²) in [6.07, 6.45) is -4.86. The van der Waals surface area contributed by atoms with Crippen molar-refractivity contribution in [2.24, 2.45) is 5.73 Å². The quantitative estimate of drug-likeness (QED) is 0.886. The van der Waals surface area contributed by atoms with Crippen molar-refractivity contribution in [3.63, 3.8) is 0 Å². The molecule has 1 amide bonds. The number of carbonyl (C=O) groups excluding carboxylic acids is 1. The summed E-state index contributed by atoms with van der Waals surface area (Å²) >= 11 is 0. The zero-order valence-electron chi connectivity index (χ0n) is 9.21. The molecule has 1 aromatic rings. The van der Waals surface area contributed by atoms with Gasteiger partial charge in [0.1, 0.15) is 5.75 Å². The van der Waals surface area contributed by atoms with Gasteiger partial charge in [0, 0.05) is 19.8 Å². The molecule has 0 aliphatic rings. The zero-order chi connectivity index (χ0) is 13.2. The molecule has 2 N–H and O–H groups in total. The van der Waals surface area contributed by atoms with Crippen molar-refractivity contribution in [2.45, 2.75) is 6.36 Å². The summed E-state index contributed by atoms with van der Waals surface area (Å²) in [5.74, 6) is -1.58. The number of primary amides is 1. The lowest BCUT2D eigenvalue weighted by Gasteiger charge is -2.16. The number of amides is 1. The molecule has 0 spiro atoms. The van der Waals surface area contributed by atoms with E-state index in [1.54, 1.807) is 19.0 Å². The summed E-state index contributed by atoms with van der Waals surface area (Å²) in [6.45, 7) is 0. The second kappa shape index (κ2) is 4.52. The molecule has 0 aliphatic heterocycles. The molecule has 94 valence electrons. The van der Waals surface area contributed by atoms with Gasteiger partial charge in [-0.25, -0.2) is 0 Å². The molecule has 0 fully saturated rings. The summed E-state index contributed by atoms with van der Waals surface area (Å²) in [6, 6.07) is 3.69. The number of hydrogen-bond donors (Lipinski definition) is 1. The maximum absolute atomic E-state index is 12.1. The van der Waals surface area contributed by atoms with Crippen LogP contribution in [0.3, 0.4) is 0 Å². The van der Waals surface area contributed by atoms with Crippen LogP contribution in [0.25, 0.3) is 0 Å². The highest BCUT2D eigenvalue weighted by Crippen LogP contribution is 2.29. The van der Waals surface area contributed by atoms with Crippen molar-refractivity contribution in [1.82, 2.24) is 0 Å². The molecule has 0 heterocycles. The van der Waals surface area contributed by atoms with Crippen molar-refractivity contribution in [3.8, 4) is 5.75 Å². The van der Waals surface area contributed by atoms with Gasteiger partial charge < -0.3 is 15.4 Å². The van der Waals surface area contributed by atoms with E-state index in [2.05, 4.69) is 4.74 Å². The maximum Gasteiger partial charge on any atom is 0.573 e. The number of nitrogens with zero attached hydrogens (tertiary/aromatic N) is 1. The van der Waals surface area contributed by atoms with Crippen LogP contribution in [0.15, 0.2) is 18.2 Å². The van der Waals surface area contributed by atoms with Gasteiger partial charge in [-0.05, 0) is 18.2 Å². The Hall–Kier alpha value is -1.92. The lowest BCUT2D eigenvalue weighted by molar-refractivity contribution is -0.274. The van der Waals surface area contributed by atoms with E-state index in [-0.39, 0.29) is 5.56 Å². The Balaban J connectivity index is 3.18. The van der Waals surface area contributed by atoms with Crippen LogP contribution in [0.5, 0.6) is 5.75 Å². The monoisotopic (exact) mass is 248 g/mol. The number of carbonyl (C=O) groups is 1. The molecular weight excluding hydrogens is 237 g/mol. The Labute approximate surface area is 95.8 Å². The number of anilines is 1. The van der Waals surface area contributed by atoms with Gasteiger partial charge in [0.05, 0.1) is 5.56 Å². The van der Waals surface area contributed by atoms with E-state index >= 15 is 0 Å². The standard InChI is InChI=1S/C10H11F3N2O2/c1-15(2)6-3-4-8(17-10(11,12)13)7(5-6)9(14)16/h3-5H,1-2H3,(H2,14,16). The highest BCUT2D eigenvalue weighted by Gasteiger charge is 2.32. The third kappa shape index (κ3) is 3.54. The molecule has 0 saturated carbocycles. The predicted molar refractivity (Wildman–Crippen MR) is 56.0 cm³/mol. The van der Waals surface area contributed by atoms with Crippen molar-refractivity contribution >= 4 is 11.6 Å². The topological polar surface area (TPSA) is 55.6 Å². The number of nitrogens with two attached hydrogens (primary N) is 1. The van der Waals surface area contributed by atoms with Crippen LogP contribution in [0.4, 0.5) is 18.9 Å². The molecule has 4 nitrogen and oxygen atoms in total. The average molecular weight is 248 g/mol. The Morgan fingerprint density at radius 3 is 2.35 bits per heavy atom. The molecule has 0 radical (unpaired) electrons. The minimum Gasteiger partial charge on any atom is -0.405 e. The third-order valence-electron chi connectivity index (χ3n) is 1.97. The molecule has 0 aliphatic carbocycles. The van der Waals surface area contributed by atoms with Gasteiger partial charge in [0.15, 0.2) is 0 Å². The lowest BCUT2D eigenvalue weighted by atomic mass is 10.1. The average Bonchev–Trinajstić information content (AvgIpc) is 2.14. The van der Waals surface area contributed by atoms with Gasteiger partial charge in [-0.1, -0.05) is 0 Å². The molecule has 0 saturated heterocycles. The Morgan fingerprint density at radius 1 is 1.35 bits per heavy atom. The second-order valence-electron chi connectivity index (χ2n) is 3.49. The minimum absolute atomic E-state index is 0.312. The number of hydrogen-bond acceptors (Lipinski definition) is 3. The number of benzene rings is 1. The van der Waals surface area contributed by atoms with E-state index in [1.165, 1.54) is 12.1 Å². The summed E-state index contributed by atoms with van der Waals surface area (Å²) in [7, 11) is 3.37. The molecule has 7 heteroatoms. The number of rotatable bonds is 3. The lowest BCUT2D eigenvalue weighted by Crippen LogP contribution is -2.21. The first-order chi connectivity index (χ1) is 7.70. The van der Waals surface area contributed by atoms with Crippen LogP contribution < -0.4 is 15.4 Å². The van der Waals surface area contributed by atoms with Crippen LogP contribution in [-0.2, 0) is 0 Å². The molecule has 0 aromatic heterocycles. The predicted octanol–water partition coefficient (Wildman–Crippen LogP) is 1.75. The summed E-state index contributed by atoms with van der Waals surface area (Å²) in [4.78, 5) is 12.7. The highest BCUT2D eigenvalue weighted by atomic mass is 19.4. The number of halogens is 3. The molecule has 0 atom stereocenters. The van der Waals surface area contributed by atoms with Gasteiger partial charge in [0.2, 0.25) is 0 Å². The normalized spacial score (nSPS) is 11.1. The zero-order valence-corrected chi connectivity index (χ0v) is 9.21. The van der Waals surface area contributed by atoms with E-state index in [1.807, 2.05) is 0 Å². The van der Waals surface area contributed by atoms with Crippen LogP contribution in [0.2, 0.25) is 0 Å². The largest absolute Gasteiger partial charge is 0.573 e. The fourth-order valence-electron chi connectivity index (χ4n) is 1.20. The molecular formula is C10H11F3N2O2. The van der Waals surface area contributed by atoms with E-state index in [4.69, 9.17) is 5.73 Å². The first-order valence-corrected chi connectivity index (χ1v) is 4.57. The van der Waals surface area contributed by atoms with Crippen LogP contribution in [-0.4, -0.2) is 26.4 Å². The molecule has 1 rings (SSSR count). The van der Waals surface area contributed by atoms with E-state index in [9.17, 15) is 18.0 Å². The fourth-order valence-corrected chi connectivity index (χ4v) is 1.20. The Morgan fingerprint density at radius 2 is 1.94 bits per heavy atom. The van der Waals surface area contributed by atoms with Crippen molar-refractivity contribution in [1.29, 1.82) is 0 Å². The third-order valence-corrected chi connectivity index (χ3v) is 1.97. The SMILES string of the molecule is CN(C)c1ccc(OC(F)(F)F)c(C(N)=O)c1. The van der Waals surface area contributed by atoms with Crippen molar-refractivity contribution in [3.05, 3.63) is 23.8 Å². The second-order valence-corrected chi connectivity index (χ2v) is 3.49. The summed E-state index contributed by atoms with van der Waals surface area (Å²) in [5, 5.41) is 0. The number of alkyl halides is 3. The van der Waals surface area contributed by atoms with Gasteiger partial charge >= 0.3 is 6.36 Å². The van der Waals surface area contributed by atoms with Gasteiger partial charge in [-0.15, -0.1) is 13.2 Å². The molecule has 0 unspecified atom stereocenters. The van der Waals surface area contributed by atoms with Crippen molar-refractivity contribution < 1.29 is 22.7 Å². The first-order valence-electron chi connectivity index (χ1n) is 4.57. The first kappa shape index (κ1) is 13.1. The van der Waals surface area contributed by atoms with Gasteiger partial charge in [0.25, 0.3) is 5.91 Å². The van der Waals surface area contributed by atoms with Crippen molar-refractivity contribution in [2.75, 3.05) is 19.0 Å². The van der Waals surface area contributed by atoms with Crippen LogP contribution in [0.1, 0.15) is 10.4 Å². The fraction of sp³-hybridized carbons (Fsp3) is 0.300. The Kier molecular flexibility index (Phi) is 3.50. The molecule has 17 heavy (non-hydrogen) atoms. The molecule has 1 aromatic carbocycles.